The van der Waals surface area contributed by atoms with Gasteiger partial charge in [0.15, 0.2) is 0 Å². The number of carbonyl (C=O) groups excluding carboxylic acids is 1. The van der Waals surface area contributed by atoms with Crippen LogP contribution in [0, 0.1) is 5.82 Å². The standard InChI is InChI=1S/C24H19FN2O2/c1-26-19-10-7-16(8-11-19)15-3-5-17(6-4-15)23-14-21(24(28)29-2)20-13-18(25)9-12-22(20)27-23/h3-14,26H,1-2H3. The number of benzene rings is 3. The van der Waals surface area contributed by atoms with E-state index in [4.69, 9.17) is 4.74 Å². The Morgan fingerprint density at radius 3 is 2.14 bits per heavy atom. The molecule has 5 heteroatoms. The van der Waals surface area contributed by atoms with Crippen LogP contribution in [0.3, 0.4) is 0 Å². The Morgan fingerprint density at radius 1 is 0.897 bits per heavy atom. The molecule has 4 rings (SSSR count). The molecule has 0 aliphatic heterocycles. The van der Waals surface area contributed by atoms with Gasteiger partial charge in [0.2, 0.25) is 0 Å². The van der Waals surface area contributed by atoms with E-state index in [9.17, 15) is 9.18 Å². The first kappa shape index (κ1) is 18.6. The Bertz CT molecular complexity index is 1190. The van der Waals surface area contributed by atoms with Gasteiger partial charge in [0.05, 0.1) is 23.9 Å². The van der Waals surface area contributed by atoms with E-state index in [1.54, 1.807) is 12.1 Å². The molecule has 4 aromatic rings. The van der Waals surface area contributed by atoms with Gasteiger partial charge in [-0.15, -0.1) is 0 Å². The highest BCUT2D eigenvalue weighted by atomic mass is 19.1. The fraction of sp³-hybridized carbons (Fsp3) is 0.0833. The molecular weight excluding hydrogens is 367 g/mol. The molecule has 0 amide bonds. The molecule has 144 valence electrons. The molecule has 3 aromatic carbocycles. The van der Waals surface area contributed by atoms with Gasteiger partial charge in [0, 0.05) is 23.7 Å². The van der Waals surface area contributed by atoms with Gasteiger partial charge in [-0.25, -0.2) is 14.2 Å². The number of carbonyl (C=O) groups is 1. The van der Waals surface area contributed by atoms with E-state index in [1.165, 1.54) is 19.2 Å². The van der Waals surface area contributed by atoms with Crippen LogP contribution in [0.1, 0.15) is 10.4 Å². The lowest BCUT2D eigenvalue weighted by atomic mass is 10.0. The third-order valence-corrected chi connectivity index (χ3v) is 4.86. The molecule has 0 unspecified atom stereocenters. The second-order valence-corrected chi connectivity index (χ2v) is 6.61. The molecule has 0 aliphatic carbocycles. The summed E-state index contributed by atoms with van der Waals surface area (Å²) in [5.74, 6) is -0.948. The number of methoxy groups -OCH3 is 1. The topological polar surface area (TPSA) is 51.2 Å². The zero-order valence-electron chi connectivity index (χ0n) is 16.1. The molecular formula is C24H19FN2O2. The van der Waals surface area contributed by atoms with E-state index in [-0.39, 0.29) is 0 Å². The molecule has 1 heterocycles. The van der Waals surface area contributed by atoms with Gasteiger partial charge in [0.25, 0.3) is 0 Å². The van der Waals surface area contributed by atoms with Crippen LogP contribution in [0.4, 0.5) is 10.1 Å². The van der Waals surface area contributed by atoms with Crippen LogP contribution in [0.2, 0.25) is 0 Å². The second kappa shape index (κ2) is 7.72. The molecule has 1 N–H and O–H groups in total. The van der Waals surface area contributed by atoms with Crippen molar-refractivity contribution in [1.29, 1.82) is 0 Å². The molecule has 0 bridgehead atoms. The summed E-state index contributed by atoms with van der Waals surface area (Å²) in [6.07, 6.45) is 0. The van der Waals surface area contributed by atoms with Crippen molar-refractivity contribution in [3.8, 4) is 22.4 Å². The predicted molar refractivity (Wildman–Crippen MR) is 113 cm³/mol. The summed E-state index contributed by atoms with van der Waals surface area (Å²) in [7, 11) is 3.19. The summed E-state index contributed by atoms with van der Waals surface area (Å²) in [6, 6.07) is 21.9. The molecule has 0 saturated heterocycles. The van der Waals surface area contributed by atoms with E-state index in [1.807, 2.05) is 43.4 Å². The van der Waals surface area contributed by atoms with Gasteiger partial charge >= 0.3 is 5.97 Å². The molecule has 4 nitrogen and oxygen atoms in total. The number of hydrogen-bond acceptors (Lipinski definition) is 4. The van der Waals surface area contributed by atoms with Crippen LogP contribution in [0.5, 0.6) is 0 Å². The van der Waals surface area contributed by atoms with E-state index < -0.39 is 11.8 Å². The maximum atomic E-state index is 13.7. The Kier molecular flexibility index (Phi) is 4.96. The number of aromatic nitrogens is 1. The lowest BCUT2D eigenvalue weighted by Gasteiger charge is -2.10. The first-order valence-corrected chi connectivity index (χ1v) is 9.16. The van der Waals surface area contributed by atoms with Crippen molar-refractivity contribution in [2.24, 2.45) is 0 Å². The number of halogens is 1. The molecule has 0 radical (unpaired) electrons. The number of nitrogens with zero attached hydrogens (tertiary/aromatic N) is 1. The Morgan fingerprint density at radius 2 is 1.52 bits per heavy atom. The van der Waals surface area contributed by atoms with Crippen LogP contribution >= 0.6 is 0 Å². The van der Waals surface area contributed by atoms with Crippen molar-refractivity contribution in [3.63, 3.8) is 0 Å². The molecule has 0 fully saturated rings. The zero-order chi connectivity index (χ0) is 20.4. The number of pyridine rings is 1. The largest absolute Gasteiger partial charge is 0.465 e. The number of ether oxygens (including phenoxy) is 1. The van der Waals surface area contributed by atoms with Crippen LogP contribution in [-0.2, 0) is 4.74 Å². The predicted octanol–water partition coefficient (Wildman–Crippen LogP) is 5.54. The summed E-state index contributed by atoms with van der Waals surface area (Å²) in [4.78, 5) is 16.8. The fourth-order valence-corrected chi connectivity index (χ4v) is 3.29. The fourth-order valence-electron chi connectivity index (χ4n) is 3.29. The highest BCUT2D eigenvalue weighted by Gasteiger charge is 2.15. The van der Waals surface area contributed by atoms with Gasteiger partial charge in [-0.1, -0.05) is 36.4 Å². The maximum Gasteiger partial charge on any atom is 0.338 e. The summed E-state index contributed by atoms with van der Waals surface area (Å²) in [6.45, 7) is 0. The first-order valence-electron chi connectivity index (χ1n) is 9.16. The van der Waals surface area contributed by atoms with Crippen LogP contribution in [0.15, 0.2) is 72.8 Å². The van der Waals surface area contributed by atoms with Crippen molar-refractivity contribution >= 4 is 22.6 Å². The van der Waals surface area contributed by atoms with E-state index >= 15 is 0 Å². The average Bonchev–Trinajstić information content (AvgIpc) is 2.78. The van der Waals surface area contributed by atoms with Crippen molar-refractivity contribution in [3.05, 3.63) is 84.2 Å². The normalized spacial score (nSPS) is 10.7. The van der Waals surface area contributed by atoms with Crippen molar-refractivity contribution in [2.45, 2.75) is 0 Å². The highest BCUT2D eigenvalue weighted by molar-refractivity contribution is 6.04. The summed E-state index contributed by atoms with van der Waals surface area (Å²) < 4.78 is 18.6. The average molecular weight is 386 g/mol. The van der Waals surface area contributed by atoms with E-state index in [2.05, 4.69) is 22.4 Å². The Balaban J connectivity index is 1.76. The van der Waals surface area contributed by atoms with Crippen LogP contribution in [0.25, 0.3) is 33.3 Å². The van der Waals surface area contributed by atoms with Gasteiger partial charge in [0.1, 0.15) is 5.82 Å². The maximum absolute atomic E-state index is 13.7. The van der Waals surface area contributed by atoms with Gasteiger partial charge in [-0.2, -0.15) is 0 Å². The molecule has 0 atom stereocenters. The lowest BCUT2D eigenvalue weighted by molar-refractivity contribution is 0.0603. The number of fused-ring (bicyclic) bond motifs is 1. The van der Waals surface area contributed by atoms with Crippen molar-refractivity contribution < 1.29 is 13.9 Å². The third kappa shape index (κ3) is 3.67. The Hall–Kier alpha value is -3.73. The highest BCUT2D eigenvalue weighted by Crippen LogP contribution is 2.28. The molecule has 0 aliphatic rings. The summed E-state index contributed by atoms with van der Waals surface area (Å²) >= 11 is 0. The van der Waals surface area contributed by atoms with Gasteiger partial charge in [-0.05, 0) is 47.5 Å². The summed E-state index contributed by atoms with van der Waals surface area (Å²) in [5, 5.41) is 3.54. The van der Waals surface area contributed by atoms with E-state index in [0.717, 1.165) is 22.4 Å². The second-order valence-electron chi connectivity index (χ2n) is 6.61. The number of anilines is 1. The molecule has 1 aromatic heterocycles. The zero-order valence-corrected chi connectivity index (χ0v) is 16.1. The minimum absolute atomic E-state index is 0.290. The van der Waals surface area contributed by atoms with Crippen LogP contribution in [-0.4, -0.2) is 25.1 Å². The minimum atomic E-state index is -0.523. The van der Waals surface area contributed by atoms with Crippen molar-refractivity contribution in [2.75, 3.05) is 19.5 Å². The number of hydrogen-bond donors (Lipinski definition) is 1. The van der Waals surface area contributed by atoms with Crippen LogP contribution < -0.4 is 5.32 Å². The molecule has 29 heavy (non-hydrogen) atoms. The quantitative estimate of drug-likeness (QED) is 0.468. The Labute approximate surface area is 168 Å². The molecule has 0 saturated carbocycles. The number of nitrogens with one attached hydrogen (secondary N) is 1. The van der Waals surface area contributed by atoms with Crippen molar-refractivity contribution in [1.82, 2.24) is 4.98 Å². The number of esters is 1. The summed E-state index contributed by atoms with van der Waals surface area (Å²) in [5.41, 5.74) is 5.55. The third-order valence-electron chi connectivity index (χ3n) is 4.86. The first-order chi connectivity index (χ1) is 14.1. The number of rotatable bonds is 4. The lowest BCUT2D eigenvalue weighted by Crippen LogP contribution is -2.04. The smallest absolute Gasteiger partial charge is 0.338 e. The minimum Gasteiger partial charge on any atom is -0.465 e. The van der Waals surface area contributed by atoms with Gasteiger partial charge in [-0.3, -0.25) is 0 Å². The van der Waals surface area contributed by atoms with E-state index in [0.29, 0.717) is 22.2 Å². The SMILES string of the molecule is CNc1ccc(-c2ccc(-c3cc(C(=O)OC)c4cc(F)ccc4n3)cc2)cc1. The molecule has 0 spiro atoms. The van der Waals surface area contributed by atoms with Gasteiger partial charge < -0.3 is 10.1 Å². The monoisotopic (exact) mass is 386 g/mol.